The molecular weight excluding hydrogens is 220 g/mol. The molecule has 0 radical (unpaired) electrons. The van der Waals surface area contributed by atoms with E-state index in [9.17, 15) is 5.11 Å². The minimum absolute atomic E-state index is 0.231. The van der Waals surface area contributed by atoms with Crippen LogP contribution in [0.1, 0.15) is 80.1 Å². The van der Waals surface area contributed by atoms with Crippen molar-refractivity contribution in [2.75, 3.05) is 6.61 Å². The molecule has 0 bridgehead atoms. The Hall–Kier alpha value is -0.0400. The van der Waals surface area contributed by atoms with E-state index >= 15 is 0 Å². The van der Waals surface area contributed by atoms with Gasteiger partial charge in [-0.15, -0.1) is 0 Å². The number of aliphatic hydroxyl groups excluding tert-OH is 1. The van der Waals surface area contributed by atoms with E-state index in [1.807, 2.05) is 0 Å². The molecule has 0 aliphatic heterocycles. The van der Waals surface area contributed by atoms with Crippen LogP contribution >= 0.6 is 0 Å². The van der Waals surface area contributed by atoms with Crippen LogP contribution in [0.15, 0.2) is 0 Å². The van der Waals surface area contributed by atoms with Gasteiger partial charge in [0.2, 0.25) is 0 Å². The van der Waals surface area contributed by atoms with Gasteiger partial charge in [0, 0.05) is 6.61 Å². The second kappa shape index (κ2) is 5.53. The van der Waals surface area contributed by atoms with Gasteiger partial charge < -0.3 is 5.11 Å². The molecule has 0 amide bonds. The number of aliphatic hydroxyl groups is 1. The Bertz CT molecular complexity index is 246. The third kappa shape index (κ3) is 4.57. The molecule has 1 rings (SSSR count). The summed E-state index contributed by atoms with van der Waals surface area (Å²) in [7, 11) is 0. The van der Waals surface area contributed by atoms with Crippen molar-refractivity contribution in [1.82, 2.24) is 0 Å². The van der Waals surface area contributed by atoms with Gasteiger partial charge in [-0.2, -0.15) is 0 Å². The first-order valence-corrected chi connectivity index (χ1v) is 7.69. The topological polar surface area (TPSA) is 20.2 Å². The lowest BCUT2D eigenvalue weighted by Gasteiger charge is -2.44. The van der Waals surface area contributed by atoms with Crippen LogP contribution in [0.2, 0.25) is 0 Å². The van der Waals surface area contributed by atoms with Gasteiger partial charge in [-0.3, -0.25) is 0 Å². The van der Waals surface area contributed by atoms with Gasteiger partial charge in [-0.1, -0.05) is 41.5 Å². The van der Waals surface area contributed by atoms with E-state index in [-0.39, 0.29) is 5.41 Å². The third-order valence-corrected chi connectivity index (χ3v) is 5.01. The van der Waals surface area contributed by atoms with Gasteiger partial charge in [0.05, 0.1) is 0 Å². The lowest BCUT2D eigenvalue weighted by Crippen LogP contribution is -2.35. The van der Waals surface area contributed by atoms with Gasteiger partial charge in [0.25, 0.3) is 0 Å². The average molecular weight is 254 g/mol. The number of hydrogen-bond donors (Lipinski definition) is 1. The molecule has 0 aromatic carbocycles. The standard InChI is InChI=1S/C17H34O/c1-15(2,3)11-12-17(13-18)9-7-14(8-10-17)16(4,5)6/h14,18H,7-13H2,1-6H3. The highest BCUT2D eigenvalue weighted by Crippen LogP contribution is 2.48. The molecular formula is C17H34O. The van der Waals surface area contributed by atoms with Crippen molar-refractivity contribution in [3.8, 4) is 0 Å². The molecule has 0 heterocycles. The van der Waals surface area contributed by atoms with Crippen molar-refractivity contribution in [1.29, 1.82) is 0 Å². The summed E-state index contributed by atoms with van der Waals surface area (Å²) in [4.78, 5) is 0. The van der Waals surface area contributed by atoms with Crippen LogP contribution in [-0.4, -0.2) is 11.7 Å². The highest BCUT2D eigenvalue weighted by molar-refractivity contribution is 4.89. The predicted molar refractivity (Wildman–Crippen MR) is 79.6 cm³/mol. The Morgan fingerprint density at radius 2 is 1.50 bits per heavy atom. The molecule has 1 nitrogen and oxygen atoms in total. The Morgan fingerprint density at radius 3 is 1.83 bits per heavy atom. The molecule has 1 aliphatic carbocycles. The zero-order chi connectivity index (χ0) is 14.0. The molecule has 0 unspecified atom stereocenters. The van der Waals surface area contributed by atoms with Crippen LogP contribution in [0, 0.1) is 22.2 Å². The maximum atomic E-state index is 9.83. The van der Waals surface area contributed by atoms with Gasteiger partial charge in [0.1, 0.15) is 0 Å². The van der Waals surface area contributed by atoms with Crippen LogP contribution in [0.3, 0.4) is 0 Å². The Kier molecular flexibility index (Phi) is 4.92. The summed E-state index contributed by atoms with van der Waals surface area (Å²) in [5, 5.41) is 9.83. The number of rotatable bonds is 3. The normalized spacial score (nSPS) is 30.5. The molecule has 0 saturated heterocycles. The second-order valence-corrected chi connectivity index (χ2v) is 8.86. The Balaban J connectivity index is 2.55. The monoisotopic (exact) mass is 254 g/mol. The minimum atomic E-state index is 0.231. The minimum Gasteiger partial charge on any atom is -0.396 e. The van der Waals surface area contributed by atoms with E-state index in [0.717, 1.165) is 5.92 Å². The summed E-state index contributed by atoms with van der Waals surface area (Å²) in [5.74, 6) is 0.840. The van der Waals surface area contributed by atoms with Gasteiger partial charge in [0.15, 0.2) is 0 Å². The largest absolute Gasteiger partial charge is 0.396 e. The fourth-order valence-corrected chi connectivity index (χ4v) is 3.22. The maximum Gasteiger partial charge on any atom is 0.0487 e. The lowest BCUT2D eigenvalue weighted by molar-refractivity contribution is 0.0226. The molecule has 0 aromatic heterocycles. The van der Waals surface area contributed by atoms with Crippen molar-refractivity contribution < 1.29 is 5.11 Å². The molecule has 18 heavy (non-hydrogen) atoms. The van der Waals surface area contributed by atoms with E-state index < -0.39 is 0 Å². The summed E-state index contributed by atoms with van der Waals surface area (Å²) >= 11 is 0. The van der Waals surface area contributed by atoms with Gasteiger partial charge in [-0.25, -0.2) is 0 Å². The summed E-state index contributed by atoms with van der Waals surface area (Å²) in [6.45, 7) is 14.4. The van der Waals surface area contributed by atoms with Crippen molar-refractivity contribution in [3.05, 3.63) is 0 Å². The summed E-state index contributed by atoms with van der Waals surface area (Å²) in [6, 6.07) is 0. The van der Waals surface area contributed by atoms with Gasteiger partial charge in [-0.05, 0) is 60.7 Å². The fourth-order valence-electron chi connectivity index (χ4n) is 3.22. The molecule has 1 saturated carbocycles. The third-order valence-electron chi connectivity index (χ3n) is 5.01. The van der Waals surface area contributed by atoms with E-state index in [4.69, 9.17) is 0 Å². The quantitative estimate of drug-likeness (QED) is 0.749. The van der Waals surface area contributed by atoms with Crippen LogP contribution in [0.5, 0.6) is 0 Å². The zero-order valence-corrected chi connectivity index (χ0v) is 13.5. The predicted octanol–water partition coefficient (Wildman–Crippen LogP) is 5.03. The van der Waals surface area contributed by atoms with E-state index in [1.54, 1.807) is 0 Å². The molecule has 1 N–H and O–H groups in total. The van der Waals surface area contributed by atoms with Crippen molar-refractivity contribution >= 4 is 0 Å². The van der Waals surface area contributed by atoms with E-state index in [2.05, 4.69) is 41.5 Å². The molecule has 0 spiro atoms. The van der Waals surface area contributed by atoms with E-state index in [1.165, 1.54) is 38.5 Å². The Morgan fingerprint density at radius 1 is 1.00 bits per heavy atom. The Labute approximate surface area is 114 Å². The first kappa shape index (κ1) is 16.0. The summed E-state index contributed by atoms with van der Waals surface area (Å²) in [6.07, 6.45) is 7.48. The van der Waals surface area contributed by atoms with Crippen molar-refractivity contribution in [2.24, 2.45) is 22.2 Å². The summed E-state index contributed by atoms with van der Waals surface area (Å²) in [5.41, 5.74) is 1.06. The molecule has 1 fully saturated rings. The van der Waals surface area contributed by atoms with Crippen LogP contribution < -0.4 is 0 Å². The highest BCUT2D eigenvalue weighted by Gasteiger charge is 2.38. The molecule has 108 valence electrons. The fraction of sp³-hybridized carbons (Fsp3) is 1.00. The lowest BCUT2D eigenvalue weighted by atomic mass is 9.62. The molecule has 1 heteroatoms. The first-order chi connectivity index (χ1) is 8.08. The SMILES string of the molecule is CC(C)(C)CCC1(CO)CCC(C(C)(C)C)CC1. The smallest absolute Gasteiger partial charge is 0.0487 e. The summed E-state index contributed by atoms with van der Waals surface area (Å²) < 4.78 is 0. The average Bonchev–Trinajstić information content (AvgIpc) is 2.25. The van der Waals surface area contributed by atoms with Crippen molar-refractivity contribution in [2.45, 2.75) is 80.1 Å². The molecule has 0 aromatic rings. The van der Waals surface area contributed by atoms with Crippen LogP contribution in [0.4, 0.5) is 0 Å². The second-order valence-electron chi connectivity index (χ2n) is 8.86. The van der Waals surface area contributed by atoms with Crippen LogP contribution in [-0.2, 0) is 0 Å². The zero-order valence-electron chi connectivity index (χ0n) is 13.5. The highest BCUT2D eigenvalue weighted by atomic mass is 16.3. The van der Waals surface area contributed by atoms with Crippen LogP contribution in [0.25, 0.3) is 0 Å². The first-order valence-electron chi connectivity index (χ1n) is 7.69. The molecule has 0 atom stereocenters. The van der Waals surface area contributed by atoms with E-state index in [0.29, 0.717) is 17.4 Å². The number of hydrogen-bond acceptors (Lipinski definition) is 1. The maximum absolute atomic E-state index is 9.83. The molecule has 1 aliphatic rings. The van der Waals surface area contributed by atoms with Gasteiger partial charge >= 0.3 is 0 Å². The van der Waals surface area contributed by atoms with Crippen molar-refractivity contribution in [3.63, 3.8) is 0 Å².